The van der Waals surface area contributed by atoms with Crippen LogP contribution in [0.3, 0.4) is 0 Å². The summed E-state index contributed by atoms with van der Waals surface area (Å²) in [6.45, 7) is 1.13. The maximum absolute atomic E-state index is 10.2. The van der Waals surface area contributed by atoms with Gasteiger partial charge in [-0.3, -0.25) is 4.99 Å². The number of halogens is 1. The van der Waals surface area contributed by atoms with Crippen molar-refractivity contribution in [1.29, 1.82) is 0 Å². The van der Waals surface area contributed by atoms with Crippen molar-refractivity contribution in [2.24, 2.45) is 4.99 Å². The smallest absolute Gasteiger partial charge is 0.370 e. The lowest BCUT2D eigenvalue weighted by Crippen LogP contribution is -2.41. The minimum Gasteiger partial charge on any atom is -0.370 e. The molecule has 0 aromatic carbocycles. The molecule has 7 heteroatoms. The van der Waals surface area contributed by atoms with Crippen LogP contribution in [0.25, 0.3) is 0 Å². The molecule has 0 aromatic heterocycles. The molecule has 64 valence electrons. The average Bonchev–Trinajstić information content (AvgIpc) is 2.34. The maximum Gasteiger partial charge on any atom is 0.472 e. The second-order valence-electron chi connectivity index (χ2n) is 1.73. The molecule has 0 N–H and O–H groups in total. The van der Waals surface area contributed by atoms with Crippen molar-refractivity contribution in [3.8, 4) is 0 Å². The van der Waals surface area contributed by atoms with Gasteiger partial charge in [0.15, 0.2) is 5.17 Å². The standard InChI is InChI=1S/C4H7BrN2O3S/c1-11-4-6-2-3-7(4)10-5(8)9/h2-3H2,1H3. The number of aliphatic imine (C=N–C) groups is 1. The van der Waals surface area contributed by atoms with E-state index >= 15 is 0 Å². The predicted octanol–water partition coefficient (Wildman–Crippen LogP) is -1.96. The Morgan fingerprint density at radius 1 is 1.73 bits per heavy atom. The molecule has 0 radical (unpaired) electrons. The first-order valence-electron chi connectivity index (χ1n) is 2.84. The van der Waals surface area contributed by atoms with Gasteiger partial charge in [-0.15, -0.1) is 5.06 Å². The quantitative estimate of drug-likeness (QED) is 0.563. The SMILES string of the molecule is CSC1=NCCN1O[Br+2]([O-])[O-]. The van der Waals surface area contributed by atoms with Gasteiger partial charge in [-0.1, -0.05) is 11.8 Å². The van der Waals surface area contributed by atoms with Crippen LogP contribution < -0.4 is 8.40 Å². The van der Waals surface area contributed by atoms with E-state index in [0.717, 1.165) is 0 Å². The van der Waals surface area contributed by atoms with Crippen molar-refractivity contribution in [3.63, 3.8) is 0 Å². The van der Waals surface area contributed by atoms with Crippen LogP contribution in [0.5, 0.6) is 0 Å². The third-order valence-corrected chi connectivity index (χ3v) is 2.37. The van der Waals surface area contributed by atoms with Crippen molar-refractivity contribution in [3.05, 3.63) is 0 Å². The summed E-state index contributed by atoms with van der Waals surface area (Å²) in [5, 5.41) is 1.92. The zero-order valence-electron chi connectivity index (χ0n) is 5.82. The van der Waals surface area contributed by atoms with E-state index in [9.17, 15) is 8.40 Å². The number of amidine groups is 1. The Kier molecular flexibility index (Phi) is 3.60. The van der Waals surface area contributed by atoms with E-state index in [4.69, 9.17) is 0 Å². The molecule has 0 saturated carbocycles. The lowest BCUT2D eigenvalue weighted by atomic mass is 10.7. The fourth-order valence-electron chi connectivity index (χ4n) is 0.709. The fraction of sp³-hybridized carbons (Fsp3) is 0.750. The fourth-order valence-corrected chi connectivity index (χ4v) is 1.93. The largest absolute Gasteiger partial charge is 0.472 e. The Labute approximate surface area is 73.8 Å². The third kappa shape index (κ3) is 2.60. The second kappa shape index (κ2) is 4.27. The minimum absolute atomic E-state index is 0.523. The van der Waals surface area contributed by atoms with Crippen molar-refractivity contribution in [2.75, 3.05) is 19.3 Å². The first kappa shape index (κ1) is 9.27. The molecular weight excluding hydrogens is 236 g/mol. The highest BCUT2D eigenvalue weighted by molar-refractivity contribution is 8.13. The van der Waals surface area contributed by atoms with Gasteiger partial charge in [-0.2, -0.15) is 0 Å². The lowest BCUT2D eigenvalue weighted by Gasteiger charge is -2.07. The Balaban J connectivity index is 2.40. The molecule has 0 spiro atoms. The summed E-state index contributed by atoms with van der Waals surface area (Å²) in [6.07, 6.45) is 1.82. The van der Waals surface area contributed by atoms with Crippen LogP contribution in [0, 0.1) is 14.8 Å². The van der Waals surface area contributed by atoms with E-state index < -0.39 is 14.8 Å². The van der Waals surface area contributed by atoms with Gasteiger partial charge in [0, 0.05) is 0 Å². The Hall–Kier alpha value is 0.180. The summed E-state index contributed by atoms with van der Waals surface area (Å²) in [5.41, 5.74) is 0. The zero-order valence-corrected chi connectivity index (χ0v) is 8.22. The summed E-state index contributed by atoms with van der Waals surface area (Å²) < 4.78 is 24.8. The minimum atomic E-state index is -3.15. The molecule has 0 amide bonds. The number of hydroxylamine groups is 2. The van der Waals surface area contributed by atoms with Crippen LogP contribution in [0.15, 0.2) is 4.99 Å². The van der Waals surface area contributed by atoms with Gasteiger partial charge in [-0.05, 0) is 6.26 Å². The molecule has 0 fully saturated rings. The number of hydrogen-bond donors (Lipinski definition) is 0. The number of nitrogens with zero attached hydrogens (tertiary/aromatic N) is 2. The van der Waals surface area contributed by atoms with Crippen molar-refractivity contribution < 1.29 is 27.1 Å². The van der Waals surface area contributed by atoms with E-state index in [1.54, 1.807) is 0 Å². The van der Waals surface area contributed by atoms with Gasteiger partial charge in [0.1, 0.15) is 3.93 Å². The summed E-state index contributed by atoms with van der Waals surface area (Å²) in [7, 11) is 0. The van der Waals surface area contributed by atoms with E-state index in [-0.39, 0.29) is 0 Å². The number of hydrogen-bond acceptors (Lipinski definition) is 6. The summed E-state index contributed by atoms with van der Waals surface area (Å²) in [6, 6.07) is 0. The van der Waals surface area contributed by atoms with Crippen molar-refractivity contribution >= 4 is 16.9 Å². The second-order valence-corrected chi connectivity index (χ2v) is 3.58. The van der Waals surface area contributed by atoms with E-state index in [0.29, 0.717) is 18.3 Å². The van der Waals surface area contributed by atoms with Crippen LogP contribution >= 0.6 is 11.8 Å². The highest BCUT2D eigenvalue weighted by atomic mass is 80.0. The summed E-state index contributed by atoms with van der Waals surface area (Å²) in [4.78, 5) is 4.01. The molecule has 0 saturated heterocycles. The van der Waals surface area contributed by atoms with Crippen LogP contribution in [0.4, 0.5) is 0 Å². The molecule has 1 rings (SSSR count). The average molecular weight is 243 g/mol. The topological polar surface area (TPSA) is 71.0 Å². The predicted molar refractivity (Wildman–Crippen MR) is 33.6 cm³/mol. The molecule has 0 aromatic rings. The molecular formula is C4H7BrN2O3S. The van der Waals surface area contributed by atoms with Gasteiger partial charge in [0.25, 0.3) is 0 Å². The van der Waals surface area contributed by atoms with E-state index in [2.05, 4.69) is 8.92 Å². The Bertz CT molecular complexity index is 165. The van der Waals surface area contributed by atoms with Crippen molar-refractivity contribution in [1.82, 2.24) is 5.06 Å². The van der Waals surface area contributed by atoms with Crippen LogP contribution in [-0.2, 0) is 3.93 Å². The van der Waals surface area contributed by atoms with Crippen LogP contribution in [-0.4, -0.2) is 29.6 Å². The molecule has 1 heterocycles. The highest BCUT2D eigenvalue weighted by Crippen LogP contribution is 2.11. The number of rotatable bonds is 2. The van der Waals surface area contributed by atoms with Crippen molar-refractivity contribution in [2.45, 2.75) is 0 Å². The van der Waals surface area contributed by atoms with Gasteiger partial charge in [0.2, 0.25) is 0 Å². The molecule has 11 heavy (non-hydrogen) atoms. The molecule has 0 bridgehead atoms. The highest BCUT2D eigenvalue weighted by Gasteiger charge is 2.27. The summed E-state index contributed by atoms with van der Waals surface area (Å²) >= 11 is -1.78. The maximum atomic E-state index is 10.2. The molecule has 0 aliphatic carbocycles. The Morgan fingerprint density at radius 2 is 2.45 bits per heavy atom. The van der Waals surface area contributed by atoms with E-state index in [1.807, 2.05) is 6.26 Å². The third-order valence-electron chi connectivity index (χ3n) is 1.09. The molecule has 0 atom stereocenters. The lowest BCUT2D eigenvalue weighted by molar-refractivity contribution is -1.64. The van der Waals surface area contributed by atoms with Gasteiger partial charge in [-0.25, -0.2) is 0 Å². The summed E-state index contributed by atoms with van der Waals surface area (Å²) in [5.74, 6) is 0. The normalized spacial score (nSPS) is 17.8. The first-order chi connectivity index (χ1) is 5.24. The Morgan fingerprint density at radius 3 is 3.00 bits per heavy atom. The van der Waals surface area contributed by atoms with Gasteiger partial charge in [0.05, 0.1) is 13.1 Å². The van der Waals surface area contributed by atoms with Crippen LogP contribution in [0.1, 0.15) is 0 Å². The molecule has 1 aliphatic heterocycles. The van der Waals surface area contributed by atoms with E-state index in [1.165, 1.54) is 16.8 Å². The molecule has 0 unspecified atom stereocenters. The van der Waals surface area contributed by atoms with Crippen LogP contribution in [0.2, 0.25) is 0 Å². The monoisotopic (exact) mass is 242 g/mol. The number of thioether (sulfide) groups is 1. The van der Waals surface area contributed by atoms with Gasteiger partial charge >= 0.3 is 14.8 Å². The zero-order chi connectivity index (χ0) is 8.27. The molecule has 5 nitrogen and oxygen atoms in total. The molecule has 1 aliphatic rings. The van der Waals surface area contributed by atoms with Gasteiger partial charge < -0.3 is 8.40 Å². The first-order valence-corrected chi connectivity index (χ1v) is 6.00.